The van der Waals surface area contributed by atoms with Crippen LogP contribution in [0.25, 0.3) is 22.2 Å². The van der Waals surface area contributed by atoms with Crippen LogP contribution in [0.4, 0.5) is 15.9 Å². The third-order valence-corrected chi connectivity index (χ3v) is 7.16. The van der Waals surface area contributed by atoms with Gasteiger partial charge in [0.05, 0.1) is 0 Å². The van der Waals surface area contributed by atoms with Crippen molar-refractivity contribution < 1.29 is 14.0 Å². The maximum Gasteiger partial charge on any atom is 0.254 e. The van der Waals surface area contributed by atoms with Gasteiger partial charge in [-0.05, 0) is 67.1 Å². The Kier molecular flexibility index (Phi) is 6.04. The van der Waals surface area contributed by atoms with Crippen LogP contribution in [-0.2, 0) is 4.79 Å². The van der Waals surface area contributed by atoms with Crippen LogP contribution in [0.1, 0.15) is 36.0 Å². The number of carbonyl (C=O) groups is 2. The molecule has 0 bridgehead atoms. The van der Waals surface area contributed by atoms with E-state index in [9.17, 15) is 14.0 Å². The molecule has 1 aliphatic carbocycles. The molecule has 8 nitrogen and oxygen atoms in total. The molecule has 1 aromatic carbocycles. The second kappa shape index (κ2) is 9.65. The lowest BCUT2D eigenvalue weighted by molar-refractivity contribution is -0.107. The maximum atomic E-state index is 13.4. The van der Waals surface area contributed by atoms with E-state index in [1.807, 2.05) is 18.3 Å². The van der Waals surface area contributed by atoms with Crippen LogP contribution >= 0.6 is 0 Å². The Bertz CT molecular complexity index is 1440. The van der Waals surface area contributed by atoms with E-state index in [-0.39, 0.29) is 18.0 Å². The molecule has 0 unspecified atom stereocenters. The van der Waals surface area contributed by atoms with Crippen molar-refractivity contribution in [2.45, 2.75) is 37.8 Å². The normalized spacial score (nSPS) is 16.1. The smallest absolute Gasteiger partial charge is 0.254 e. The number of hydrogen-bond acceptors (Lipinski definition) is 5. The van der Waals surface area contributed by atoms with Gasteiger partial charge in [0.25, 0.3) is 5.91 Å². The van der Waals surface area contributed by atoms with Crippen LogP contribution in [-0.4, -0.2) is 57.3 Å². The summed E-state index contributed by atoms with van der Waals surface area (Å²) in [6, 6.07) is 15.5. The number of fused-ring (bicyclic) bond motifs is 1. The third-order valence-electron chi connectivity index (χ3n) is 7.16. The molecule has 1 aliphatic heterocycles. The highest BCUT2D eigenvalue weighted by Gasteiger charge is 2.30. The number of hydrogen-bond donors (Lipinski definition) is 2. The number of nitrogens with zero attached hydrogens (tertiary/aromatic N) is 4. The Morgan fingerprint density at radius 3 is 2.57 bits per heavy atom. The van der Waals surface area contributed by atoms with Crippen LogP contribution in [0.5, 0.6) is 0 Å². The molecule has 3 aromatic heterocycles. The summed E-state index contributed by atoms with van der Waals surface area (Å²) in [6.07, 6.45) is 7.69. The predicted molar refractivity (Wildman–Crippen MR) is 140 cm³/mol. The van der Waals surface area contributed by atoms with Crippen LogP contribution in [0.15, 0.2) is 60.9 Å². The maximum absolute atomic E-state index is 13.4. The molecule has 4 heterocycles. The highest BCUT2D eigenvalue weighted by atomic mass is 19.1. The monoisotopic (exact) mass is 498 g/mol. The molecule has 2 fully saturated rings. The molecule has 2 aliphatic rings. The Balaban J connectivity index is 1.13. The van der Waals surface area contributed by atoms with E-state index in [0.29, 0.717) is 24.5 Å². The van der Waals surface area contributed by atoms with Gasteiger partial charge >= 0.3 is 0 Å². The van der Waals surface area contributed by atoms with Gasteiger partial charge in [-0.2, -0.15) is 4.39 Å². The van der Waals surface area contributed by atoms with Crippen molar-refractivity contribution in [2.24, 2.45) is 0 Å². The molecule has 9 heteroatoms. The van der Waals surface area contributed by atoms with E-state index in [2.05, 4.69) is 44.5 Å². The average Bonchev–Trinajstić information content (AvgIpc) is 3.64. The summed E-state index contributed by atoms with van der Waals surface area (Å²) in [7, 11) is 0. The molecule has 2 amide bonds. The van der Waals surface area contributed by atoms with Crippen LogP contribution < -0.4 is 10.2 Å². The van der Waals surface area contributed by atoms with Crippen molar-refractivity contribution in [3.05, 3.63) is 72.4 Å². The molecule has 6 rings (SSSR count). The third kappa shape index (κ3) is 4.76. The Hall–Kier alpha value is -4.27. The number of aromatic nitrogens is 3. The van der Waals surface area contributed by atoms with E-state index in [1.54, 1.807) is 15.9 Å². The van der Waals surface area contributed by atoms with Gasteiger partial charge in [-0.1, -0.05) is 12.1 Å². The molecule has 37 heavy (non-hydrogen) atoms. The fourth-order valence-electron chi connectivity index (χ4n) is 5.00. The molecule has 1 saturated heterocycles. The number of anilines is 2. The number of amides is 2. The van der Waals surface area contributed by atoms with Crippen LogP contribution in [0.2, 0.25) is 0 Å². The number of H-pyrrole nitrogens is 1. The lowest BCUT2D eigenvalue weighted by Gasteiger charge is -2.33. The molecule has 1 saturated carbocycles. The predicted octanol–water partition coefficient (Wildman–Crippen LogP) is 4.61. The minimum atomic E-state index is -0.643. The Morgan fingerprint density at radius 1 is 1.08 bits per heavy atom. The van der Waals surface area contributed by atoms with Gasteiger partial charge in [0.15, 0.2) is 0 Å². The van der Waals surface area contributed by atoms with E-state index in [0.717, 1.165) is 59.9 Å². The molecule has 0 atom stereocenters. The molecule has 188 valence electrons. The fourth-order valence-corrected chi connectivity index (χ4v) is 5.00. The Morgan fingerprint density at radius 2 is 1.86 bits per heavy atom. The van der Waals surface area contributed by atoms with E-state index in [4.69, 9.17) is 0 Å². The van der Waals surface area contributed by atoms with Crippen molar-refractivity contribution >= 4 is 34.9 Å². The number of carbonyl (C=O) groups excluding carboxylic acids is 2. The minimum absolute atomic E-state index is 0.160. The molecular formula is C28H27FN6O2. The van der Waals surface area contributed by atoms with Gasteiger partial charge in [-0.25, -0.2) is 9.97 Å². The first kappa shape index (κ1) is 23.1. The lowest BCUT2D eigenvalue weighted by Crippen LogP contribution is -2.42. The van der Waals surface area contributed by atoms with Gasteiger partial charge in [0.1, 0.15) is 11.5 Å². The SMILES string of the molecule is O=CN(c1cc(-c2ccc(NC3CCN(C(=O)c4ccnc(F)c4)CC3)cc2)c2cc[nH]c2n1)C1CC1. The summed E-state index contributed by atoms with van der Waals surface area (Å²) in [6.45, 7) is 1.22. The van der Waals surface area contributed by atoms with Crippen molar-refractivity contribution in [3.63, 3.8) is 0 Å². The van der Waals surface area contributed by atoms with Crippen LogP contribution in [0.3, 0.4) is 0 Å². The largest absolute Gasteiger partial charge is 0.382 e. The first-order chi connectivity index (χ1) is 18.1. The summed E-state index contributed by atoms with van der Waals surface area (Å²) in [4.78, 5) is 39.2. The van der Waals surface area contributed by atoms with Gasteiger partial charge in [-0.3, -0.25) is 14.5 Å². The standard InChI is InChI=1S/C28H27FN6O2/c29-25-15-19(7-11-30-25)28(37)34-13-9-21(10-14-34)32-20-3-1-18(2-4-20)24-16-26(35(17-36)22-5-6-22)33-27-23(24)8-12-31-27/h1-4,7-8,11-12,15-17,21-22,32H,5-6,9-10,13-14H2,(H,31,33). The van der Waals surface area contributed by atoms with Gasteiger partial charge in [0, 0.05) is 60.3 Å². The first-order valence-corrected chi connectivity index (χ1v) is 12.6. The number of nitrogens with one attached hydrogen (secondary N) is 2. The van der Waals surface area contributed by atoms with Crippen molar-refractivity contribution in [2.75, 3.05) is 23.3 Å². The summed E-state index contributed by atoms with van der Waals surface area (Å²) in [5.74, 6) is -0.137. The van der Waals surface area contributed by atoms with Crippen molar-refractivity contribution in [1.82, 2.24) is 19.9 Å². The minimum Gasteiger partial charge on any atom is -0.382 e. The molecular weight excluding hydrogens is 471 g/mol. The first-order valence-electron chi connectivity index (χ1n) is 12.6. The van der Waals surface area contributed by atoms with E-state index in [1.165, 1.54) is 12.3 Å². The number of pyridine rings is 2. The number of halogens is 1. The zero-order chi connectivity index (χ0) is 25.4. The number of likely N-dealkylation sites (tertiary alicyclic amines) is 1. The van der Waals surface area contributed by atoms with Gasteiger partial charge in [0.2, 0.25) is 12.4 Å². The zero-order valence-corrected chi connectivity index (χ0v) is 20.2. The molecule has 2 N–H and O–H groups in total. The quantitative estimate of drug-likeness (QED) is 0.287. The van der Waals surface area contributed by atoms with Crippen molar-refractivity contribution in [3.8, 4) is 11.1 Å². The van der Waals surface area contributed by atoms with Gasteiger partial charge in [-0.15, -0.1) is 0 Å². The Labute approximate surface area is 213 Å². The number of aromatic amines is 1. The second-order valence-electron chi connectivity index (χ2n) is 9.67. The van der Waals surface area contributed by atoms with E-state index >= 15 is 0 Å². The van der Waals surface area contributed by atoms with Gasteiger partial charge < -0.3 is 15.2 Å². The number of piperidine rings is 1. The highest BCUT2D eigenvalue weighted by molar-refractivity contribution is 5.96. The van der Waals surface area contributed by atoms with E-state index < -0.39 is 5.95 Å². The summed E-state index contributed by atoms with van der Waals surface area (Å²) < 4.78 is 13.4. The second-order valence-corrected chi connectivity index (χ2v) is 9.67. The number of rotatable bonds is 7. The summed E-state index contributed by atoms with van der Waals surface area (Å²) in [5.41, 5.74) is 4.18. The summed E-state index contributed by atoms with van der Waals surface area (Å²) >= 11 is 0. The number of benzene rings is 1. The average molecular weight is 499 g/mol. The van der Waals surface area contributed by atoms with Crippen molar-refractivity contribution in [1.29, 1.82) is 0 Å². The van der Waals surface area contributed by atoms with Crippen LogP contribution in [0, 0.1) is 5.95 Å². The lowest BCUT2D eigenvalue weighted by atomic mass is 10.0. The summed E-state index contributed by atoms with van der Waals surface area (Å²) in [5, 5.41) is 4.59. The zero-order valence-electron chi connectivity index (χ0n) is 20.2. The molecule has 0 spiro atoms. The fraction of sp³-hybridized carbons (Fsp3) is 0.286. The molecule has 0 radical (unpaired) electrons. The highest BCUT2D eigenvalue weighted by Crippen LogP contribution is 2.35. The molecule has 4 aromatic rings. The topological polar surface area (TPSA) is 94.2 Å².